The first-order valence-electron chi connectivity index (χ1n) is 5.17. The Bertz CT molecular complexity index is 612. The minimum Gasteiger partial charge on any atom is -0.481 e. The molecule has 0 spiro atoms. The second-order valence-electron chi connectivity index (χ2n) is 3.39. The summed E-state index contributed by atoms with van der Waals surface area (Å²) in [6.07, 6.45) is 1.26. The third-order valence-corrected chi connectivity index (χ3v) is 2.93. The van der Waals surface area contributed by atoms with Gasteiger partial charge in [0.2, 0.25) is 5.88 Å². The first-order chi connectivity index (χ1) is 8.60. The van der Waals surface area contributed by atoms with Crippen LogP contribution in [0.1, 0.15) is 17.3 Å². The van der Waals surface area contributed by atoms with Crippen molar-refractivity contribution in [3.05, 3.63) is 28.1 Å². The summed E-state index contributed by atoms with van der Waals surface area (Å²) in [5, 5.41) is 3.92. The van der Waals surface area contributed by atoms with E-state index in [1.165, 1.54) is 23.9 Å². The molecule has 0 aromatic carbocycles. The maximum absolute atomic E-state index is 14.0. The first-order valence-corrected chi connectivity index (χ1v) is 5.96. The fourth-order valence-electron chi connectivity index (χ4n) is 1.58. The number of carbonyl (C=O) groups is 1. The average molecular weight is 317 g/mol. The van der Waals surface area contributed by atoms with E-state index in [0.29, 0.717) is 5.88 Å². The van der Waals surface area contributed by atoms with E-state index in [-0.39, 0.29) is 22.2 Å². The van der Waals surface area contributed by atoms with E-state index in [4.69, 9.17) is 9.47 Å². The molecule has 0 atom stereocenters. The topological polar surface area (TPSA) is 52.8 Å². The summed E-state index contributed by atoms with van der Waals surface area (Å²) in [4.78, 5) is 11.7. The van der Waals surface area contributed by atoms with Crippen molar-refractivity contribution < 1.29 is 18.7 Å². The number of halogens is 2. The highest BCUT2D eigenvalue weighted by Gasteiger charge is 2.21. The molecule has 0 aliphatic rings. The van der Waals surface area contributed by atoms with E-state index in [0.717, 1.165) is 0 Å². The Morgan fingerprint density at radius 2 is 2.33 bits per heavy atom. The highest BCUT2D eigenvalue weighted by Crippen LogP contribution is 2.28. The maximum Gasteiger partial charge on any atom is 0.342 e. The zero-order valence-electron chi connectivity index (χ0n) is 9.74. The van der Waals surface area contributed by atoms with Crippen LogP contribution in [0.5, 0.6) is 5.88 Å². The normalized spacial score (nSPS) is 10.7. The van der Waals surface area contributed by atoms with Crippen LogP contribution < -0.4 is 4.74 Å². The van der Waals surface area contributed by atoms with Gasteiger partial charge in [-0.15, -0.1) is 0 Å². The van der Waals surface area contributed by atoms with Crippen molar-refractivity contribution >= 4 is 27.4 Å². The Labute approximate surface area is 111 Å². The summed E-state index contributed by atoms with van der Waals surface area (Å²) in [7, 11) is 1.44. The number of nitrogens with zero attached hydrogens (tertiary/aromatic N) is 2. The van der Waals surface area contributed by atoms with Crippen molar-refractivity contribution in [2.75, 3.05) is 13.7 Å². The summed E-state index contributed by atoms with van der Waals surface area (Å²) >= 11 is 3.07. The Morgan fingerprint density at radius 3 is 2.94 bits per heavy atom. The molecular formula is C11H10BrFN2O3. The number of rotatable bonds is 3. The number of aromatic nitrogens is 2. The second kappa shape index (κ2) is 4.93. The van der Waals surface area contributed by atoms with Crippen molar-refractivity contribution in [1.29, 1.82) is 0 Å². The predicted octanol–water partition coefficient (Wildman–Crippen LogP) is 2.42. The Morgan fingerprint density at radius 1 is 1.61 bits per heavy atom. The standard InChI is InChI=1S/C11H10BrFN2O3/c1-3-18-11(16)6-5-14-15-8(17-2)4-7(12)9(13)10(6)15/h4-5H,3H2,1-2H3. The maximum atomic E-state index is 14.0. The molecule has 0 saturated carbocycles. The van der Waals surface area contributed by atoms with Crippen LogP contribution >= 0.6 is 15.9 Å². The molecule has 0 unspecified atom stereocenters. The average Bonchev–Trinajstić information content (AvgIpc) is 2.79. The van der Waals surface area contributed by atoms with Crippen LogP contribution in [0, 0.1) is 5.82 Å². The van der Waals surface area contributed by atoms with E-state index in [1.54, 1.807) is 6.92 Å². The lowest BCUT2D eigenvalue weighted by Crippen LogP contribution is -2.06. The van der Waals surface area contributed by atoms with Crippen LogP contribution in [0.3, 0.4) is 0 Å². The van der Waals surface area contributed by atoms with Crippen molar-refractivity contribution in [2.45, 2.75) is 6.92 Å². The highest BCUT2D eigenvalue weighted by atomic mass is 79.9. The smallest absolute Gasteiger partial charge is 0.342 e. The van der Waals surface area contributed by atoms with Crippen molar-refractivity contribution in [1.82, 2.24) is 9.61 Å². The minimum absolute atomic E-state index is 0.0275. The van der Waals surface area contributed by atoms with Crippen molar-refractivity contribution in [3.63, 3.8) is 0 Å². The molecule has 2 rings (SSSR count). The van der Waals surface area contributed by atoms with Gasteiger partial charge >= 0.3 is 5.97 Å². The van der Waals surface area contributed by atoms with Crippen LogP contribution in [0.4, 0.5) is 4.39 Å². The third kappa shape index (κ3) is 1.94. The molecule has 0 saturated heterocycles. The van der Waals surface area contributed by atoms with Gasteiger partial charge in [0.1, 0.15) is 11.1 Å². The van der Waals surface area contributed by atoms with Crippen molar-refractivity contribution in [2.24, 2.45) is 0 Å². The molecule has 0 aliphatic carbocycles. The zero-order valence-corrected chi connectivity index (χ0v) is 11.3. The quantitative estimate of drug-likeness (QED) is 0.816. The molecule has 2 aromatic rings. The van der Waals surface area contributed by atoms with Crippen LogP contribution in [-0.2, 0) is 4.74 Å². The zero-order chi connectivity index (χ0) is 13.3. The van der Waals surface area contributed by atoms with Crippen LogP contribution in [0.15, 0.2) is 16.7 Å². The van der Waals surface area contributed by atoms with Gasteiger partial charge < -0.3 is 9.47 Å². The second-order valence-corrected chi connectivity index (χ2v) is 4.24. The summed E-state index contributed by atoms with van der Waals surface area (Å²) in [5.74, 6) is -0.892. The van der Waals surface area contributed by atoms with E-state index < -0.39 is 11.8 Å². The summed E-state index contributed by atoms with van der Waals surface area (Å²) < 4.78 is 25.4. The van der Waals surface area contributed by atoms with E-state index in [1.807, 2.05) is 0 Å². The molecule has 96 valence electrons. The van der Waals surface area contributed by atoms with Crippen LogP contribution in [0.2, 0.25) is 0 Å². The molecule has 18 heavy (non-hydrogen) atoms. The van der Waals surface area contributed by atoms with Gasteiger partial charge in [-0.25, -0.2) is 9.18 Å². The summed E-state index contributed by atoms with van der Waals surface area (Å²) in [6, 6.07) is 1.43. The molecule has 7 heteroatoms. The fourth-order valence-corrected chi connectivity index (χ4v) is 1.96. The number of methoxy groups -OCH3 is 1. The van der Waals surface area contributed by atoms with Crippen LogP contribution in [0.25, 0.3) is 5.52 Å². The monoisotopic (exact) mass is 316 g/mol. The Kier molecular flexibility index (Phi) is 3.51. The van der Waals surface area contributed by atoms with Crippen LogP contribution in [-0.4, -0.2) is 29.3 Å². The molecule has 0 radical (unpaired) electrons. The van der Waals surface area contributed by atoms with Gasteiger partial charge in [-0.2, -0.15) is 9.61 Å². The lowest BCUT2D eigenvalue weighted by atomic mass is 10.2. The fraction of sp³-hybridized carbons (Fsp3) is 0.273. The number of hydrogen-bond acceptors (Lipinski definition) is 4. The largest absolute Gasteiger partial charge is 0.481 e. The van der Waals surface area contributed by atoms with Gasteiger partial charge in [-0.05, 0) is 22.9 Å². The number of pyridine rings is 1. The molecule has 0 aliphatic heterocycles. The van der Waals surface area contributed by atoms with Gasteiger partial charge in [0.15, 0.2) is 5.82 Å². The van der Waals surface area contributed by atoms with Gasteiger partial charge in [0, 0.05) is 6.07 Å². The predicted molar refractivity (Wildman–Crippen MR) is 65.4 cm³/mol. The van der Waals surface area contributed by atoms with E-state index >= 15 is 0 Å². The summed E-state index contributed by atoms with van der Waals surface area (Å²) in [5.41, 5.74) is 0.0913. The Balaban J connectivity index is 2.71. The van der Waals surface area contributed by atoms with Gasteiger partial charge in [0.05, 0.1) is 24.4 Å². The SMILES string of the molecule is CCOC(=O)c1cnn2c(OC)cc(Br)c(F)c12. The van der Waals surface area contributed by atoms with Gasteiger partial charge in [0.25, 0.3) is 0 Å². The summed E-state index contributed by atoms with van der Waals surface area (Å²) in [6.45, 7) is 1.89. The third-order valence-electron chi connectivity index (χ3n) is 2.35. The number of esters is 1. The lowest BCUT2D eigenvalue weighted by Gasteiger charge is -2.06. The lowest BCUT2D eigenvalue weighted by molar-refractivity contribution is 0.0528. The molecule has 0 N–H and O–H groups in total. The number of carbonyl (C=O) groups excluding carboxylic acids is 1. The number of ether oxygens (including phenoxy) is 2. The van der Waals surface area contributed by atoms with E-state index in [2.05, 4.69) is 21.0 Å². The van der Waals surface area contributed by atoms with Gasteiger partial charge in [-0.3, -0.25) is 0 Å². The molecule has 5 nitrogen and oxygen atoms in total. The van der Waals surface area contributed by atoms with Gasteiger partial charge in [-0.1, -0.05) is 0 Å². The molecule has 0 amide bonds. The minimum atomic E-state index is -0.619. The van der Waals surface area contributed by atoms with E-state index in [9.17, 15) is 9.18 Å². The molecule has 0 bridgehead atoms. The molecular weight excluding hydrogens is 307 g/mol. The first kappa shape index (κ1) is 12.8. The Hall–Kier alpha value is -1.63. The number of hydrogen-bond donors (Lipinski definition) is 0. The number of fused-ring (bicyclic) bond motifs is 1. The van der Waals surface area contributed by atoms with Crippen molar-refractivity contribution in [3.8, 4) is 5.88 Å². The highest BCUT2D eigenvalue weighted by molar-refractivity contribution is 9.10. The molecule has 2 heterocycles. The molecule has 0 fully saturated rings. The molecule has 2 aromatic heterocycles.